The molecule has 0 saturated carbocycles. The highest BCUT2D eigenvalue weighted by atomic mass is 16.3. The zero-order valence-electron chi connectivity index (χ0n) is 14.8. The Bertz CT molecular complexity index is 596. The number of fused-ring (bicyclic) bond motifs is 1. The van der Waals surface area contributed by atoms with Crippen LogP contribution in [-0.4, -0.2) is 36.6 Å². The summed E-state index contributed by atoms with van der Waals surface area (Å²) in [7, 11) is 0. The van der Waals surface area contributed by atoms with Gasteiger partial charge in [0.1, 0.15) is 0 Å². The van der Waals surface area contributed by atoms with Crippen LogP contribution in [0, 0.1) is 5.41 Å². The van der Waals surface area contributed by atoms with Crippen molar-refractivity contribution in [3.05, 3.63) is 29.8 Å². The summed E-state index contributed by atoms with van der Waals surface area (Å²) in [6.07, 6.45) is 2.32. The van der Waals surface area contributed by atoms with Crippen LogP contribution in [0.4, 0.5) is 5.69 Å². The third-order valence-corrected chi connectivity index (χ3v) is 5.42. The lowest BCUT2D eigenvalue weighted by atomic mass is 9.79. The summed E-state index contributed by atoms with van der Waals surface area (Å²) in [6.45, 7) is 7.19. The van der Waals surface area contributed by atoms with Crippen LogP contribution in [0.15, 0.2) is 24.3 Å². The van der Waals surface area contributed by atoms with Crippen molar-refractivity contribution in [1.29, 1.82) is 0 Å². The van der Waals surface area contributed by atoms with E-state index in [0.29, 0.717) is 19.5 Å². The zero-order chi connectivity index (χ0) is 17.7. The molecule has 0 aromatic heterocycles. The topological polar surface area (TPSA) is 69.6 Å². The molecule has 2 rings (SSSR count). The van der Waals surface area contributed by atoms with E-state index >= 15 is 0 Å². The summed E-state index contributed by atoms with van der Waals surface area (Å²) in [5.41, 5.74) is 1.79. The van der Waals surface area contributed by atoms with Gasteiger partial charge in [0.2, 0.25) is 0 Å². The number of para-hydroxylation sites is 1. The number of rotatable bonds is 6. The number of aliphatic hydroxyl groups is 1. The number of benzene rings is 1. The molecule has 1 atom stereocenters. The molecular formula is C19H28N2O3. The van der Waals surface area contributed by atoms with Crippen molar-refractivity contribution in [2.24, 2.45) is 5.41 Å². The largest absolute Gasteiger partial charge is 0.396 e. The van der Waals surface area contributed by atoms with Gasteiger partial charge in [-0.15, -0.1) is 0 Å². The average molecular weight is 332 g/mol. The van der Waals surface area contributed by atoms with E-state index in [-0.39, 0.29) is 17.9 Å². The van der Waals surface area contributed by atoms with Gasteiger partial charge in [-0.1, -0.05) is 39.0 Å². The Morgan fingerprint density at radius 2 is 1.96 bits per heavy atom. The van der Waals surface area contributed by atoms with Crippen molar-refractivity contribution >= 4 is 17.5 Å². The highest BCUT2D eigenvalue weighted by molar-refractivity contribution is 6.40. The molecule has 5 heteroatoms. The second kappa shape index (κ2) is 7.79. The van der Waals surface area contributed by atoms with Gasteiger partial charge < -0.3 is 15.3 Å². The van der Waals surface area contributed by atoms with Crippen LogP contribution < -0.4 is 10.2 Å². The Morgan fingerprint density at radius 1 is 1.29 bits per heavy atom. The second-order valence-electron chi connectivity index (χ2n) is 6.74. The minimum absolute atomic E-state index is 0.0858. The Kier molecular flexibility index (Phi) is 5.99. The van der Waals surface area contributed by atoms with E-state index in [9.17, 15) is 14.7 Å². The minimum atomic E-state index is -0.567. The Morgan fingerprint density at radius 3 is 2.58 bits per heavy atom. The Labute approximate surface area is 144 Å². The SMILES string of the molecule is CCC(CC)(CCO)CNC(=O)C(=O)N1CC(C)c2ccccc21. The fraction of sp³-hybridized carbons (Fsp3) is 0.579. The normalized spacial score (nSPS) is 16.8. The summed E-state index contributed by atoms with van der Waals surface area (Å²) in [4.78, 5) is 26.5. The molecule has 0 bridgehead atoms. The summed E-state index contributed by atoms with van der Waals surface area (Å²) in [5, 5.41) is 12.1. The lowest BCUT2D eigenvalue weighted by Crippen LogP contribution is -2.46. The first-order chi connectivity index (χ1) is 11.5. The Balaban J connectivity index is 2.05. The van der Waals surface area contributed by atoms with Crippen LogP contribution in [0.25, 0.3) is 0 Å². The lowest BCUT2D eigenvalue weighted by molar-refractivity contribution is -0.137. The number of hydrogen-bond donors (Lipinski definition) is 2. The van der Waals surface area contributed by atoms with E-state index in [1.807, 2.05) is 38.1 Å². The van der Waals surface area contributed by atoms with E-state index < -0.39 is 11.8 Å². The molecule has 1 aromatic carbocycles. The van der Waals surface area contributed by atoms with Gasteiger partial charge in [-0.2, -0.15) is 0 Å². The molecule has 5 nitrogen and oxygen atoms in total. The quantitative estimate of drug-likeness (QED) is 0.786. The van der Waals surface area contributed by atoms with Gasteiger partial charge in [-0.3, -0.25) is 9.59 Å². The van der Waals surface area contributed by atoms with Crippen LogP contribution in [0.1, 0.15) is 51.5 Å². The van der Waals surface area contributed by atoms with Gasteiger partial charge in [0.25, 0.3) is 0 Å². The number of amides is 2. The number of carbonyl (C=O) groups is 2. The predicted molar refractivity (Wildman–Crippen MR) is 94.9 cm³/mol. The van der Waals surface area contributed by atoms with Gasteiger partial charge in [-0.05, 0) is 36.3 Å². The smallest absolute Gasteiger partial charge is 0.316 e. The molecule has 0 fully saturated rings. The second-order valence-corrected chi connectivity index (χ2v) is 6.74. The highest BCUT2D eigenvalue weighted by Crippen LogP contribution is 2.35. The minimum Gasteiger partial charge on any atom is -0.396 e. The van der Waals surface area contributed by atoms with E-state index in [1.165, 1.54) is 0 Å². The standard InChI is InChI=1S/C19H28N2O3/c1-4-19(5-2,10-11-22)13-20-17(23)18(24)21-12-14(3)15-8-6-7-9-16(15)21/h6-9,14,22H,4-5,10-13H2,1-3H3,(H,20,23). The summed E-state index contributed by atoms with van der Waals surface area (Å²) >= 11 is 0. The monoisotopic (exact) mass is 332 g/mol. The third kappa shape index (κ3) is 3.61. The van der Waals surface area contributed by atoms with Crippen LogP contribution in [0.2, 0.25) is 0 Å². The van der Waals surface area contributed by atoms with Crippen LogP contribution in [-0.2, 0) is 9.59 Å². The Hall–Kier alpha value is -1.88. The molecule has 1 heterocycles. The molecule has 2 amide bonds. The molecule has 1 aliphatic rings. The predicted octanol–water partition coefficient (Wildman–Crippen LogP) is 2.44. The van der Waals surface area contributed by atoms with Crippen LogP contribution in [0.5, 0.6) is 0 Å². The lowest BCUT2D eigenvalue weighted by Gasteiger charge is -2.31. The molecule has 0 radical (unpaired) electrons. The van der Waals surface area contributed by atoms with Crippen molar-refractivity contribution in [2.75, 3.05) is 24.6 Å². The number of hydrogen-bond acceptors (Lipinski definition) is 3. The van der Waals surface area contributed by atoms with Gasteiger partial charge in [0.15, 0.2) is 0 Å². The van der Waals surface area contributed by atoms with Gasteiger partial charge >= 0.3 is 11.8 Å². The van der Waals surface area contributed by atoms with Crippen molar-refractivity contribution in [2.45, 2.75) is 46.0 Å². The number of nitrogens with zero attached hydrogens (tertiary/aromatic N) is 1. The molecule has 0 aliphatic carbocycles. The first-order valence-electron chi connectivity index (χ1n) is 8.77. The molecule has 0 spiro atoms. The van der Waals surface area contributed by atoms with Crippen LogP contribution in [0.3, 0.4) is 0 Å². The molecule has 132 valence electrons. The molecule has 0 saturated heterocycles. The highest BCUT2D eigenvalue weighted by Gasteiger charge is 2.34. The van der Waals surface area contributed by atoms with Crippen molar-refractivity contribution in [3.8, 4) is 0 Å². The number of anilines is 1. The molecule has 24 heavy (non-hydrogen) atoms. The molecular weight excluding hydrogens is 304 g/mol. The third-order valence-electron chi connectivity index (χ3n) is 5.42. The molecule has 1 aliphatic heterocycles. The van der Waals surface area contributed by atoms with E-state index in [1.54, 1.807) is 4.90 Å². The van der Waals surface area contributed by atoms with Crippen molar-refractivity contribution in [1.82, 2.24) is 5.32 Å². The summed E-state index contributed by atoms with van der Waals surface area (Å²) in [5.74, 6) is -0.835. The zero-order valence-corrected chi connectivity index (χ0v) is 14.8. The first-order valence-corrected chi connectivity index (χ1v) is 8.77. The molecule has 1 aromatic rings. The maximum absolute atomic E-state index is 12.6. The van der Waals surface area contributed by atoms with Crippen molar-refractivity contribution in [3.63, 3.8) is 0 Å². The van der Waals surface area contributed by atoms with E-state index in [4.69, 9.17) is 0 Å². The van der Waals surface area contributed by atoms with Gasteiger partial charge in [0, 0.05) is 31.3 Å². The van der Waals surface area contributed by atoms with E-state index in [2.05, 4.69) is 12.2 Å². The van der Waals surface area contributed by atoms with E-state index in [0.717, 1.165) is 24.1 Å². The van der Waals surface area contributed by atoms with Gasteiger partial charge in [0.05, 0.1) is 0 Å². The van der Waals surface area contributed by atoms with Crippen LogP contribution >= 0.6 is 0 Å². The number of carbonyl (C=O) groups excluding carboxylic acids is 2. The number of aliphatic hydroxyl groups excluding tert-OH is 1. The van der Waals surface area contributed by atoms with Gasteiger partial charge in [-0.25, -0.2) is 0 Å². The fourth-order valence-electron chi connectivity index (χ4n) is 3.46. The summed E-state index contributed by atoms with van der Waals surface area (Å²) in [6, 6.07) is 7.73. The average Bonchev–Trinajstić information content (AvgIpc) is 2.95. The van der Waals surface area contributed by atoms with Crippen molar-refractivity contribution < 1.29 is 14.7 Å². The fourth-order valence-corrected chi connectivity index (χ4v) is 3.46. The molecule has 1 unspecified atom stereocenters. The first kappa shape index (κ1) is 18.5. The maximum atomic E-state index is 12.6. The molecule has 2 N–H and O–H groups in total. The maximum Gasteiger partial charge on any atom is 0.316 e. The summed E-state index contributed by atoms with van der Waals surface area (Å²) < 4.78 is 0. The number of nitrogens with one attached hydrogen (secondary N) is 1.